The molecule has 1 N–H and O–H groups in total. The molecule has 0 spiro atoms. The number of aromatic nitrogens is 2. The van der Waals surface area contributed by atoms with Gasteiger partial charge in [0, 0.05) is 12.6 Å². The van der Waals surface area contributed by atoms with Crippen LogP contribution in [0.1, 0.15) is 54.7 Å². The molecule has 1 heterocycles. The maximum Gasteiger partial charge on any atom is 0.272 e. The molecular formula is C19H23N3O2. The number of nitrogens with zero attached hydrogens (tertiary/aromatic N) is 2. The molecule has 1 aliphatic carbocycles. The molecular weight excluding hydrogens is 302 g/mol. The number of amides is 1. The van der Waals surface area contributed by atoms with Gasteiger partial charge in [-0.05, 0) is 36.8 Å². The SMILES string of the molecule is CCCCn1nc(C(=O)NC(c2ccccc2)C2CC2)ccc1=O. The molecule has 5 heteroatoms. The lowest BCUT2D eigenvalue weighted by Crippen LogP contribution is -2.33. The number of nitrogens with one attached hydrogen (secondary N) is 1. The minimum Gasteiger partial charge on any atom is -0.344 e. The van der Waals surface area contributed by atoms with Crippen molar-refractivity contribution in [3.63, 3.8) is 0 Å². The van der Waals surface area contributed by atoms with Gasteiger partial charge in [-0.3, -0.25) is 9.59 Å². The lowest BCUT2D eigenvalue weighted by atomic mass is 10.0. The molecule has 1 aromatic heterocycles. The van der Waals surface area contributed by atoms with E-state index in [9.17, 15) is 9.59 Å². The van der Waals surface area contributed by atoms with Gasteiger partial charge >= 0.3 is 0 Å². The van der Waals surface area contributed by atoms with Crippen molar-refractivity contribution in [2.24, 2.45) is 5.92 Å². The Bertz CT molecular complexity index is 751. The van der Waals surface area contributed by atoms with Gasteiger partial charge in [-0.25, -0.2) is 4.68 Å². The molecule has 0 aliphatic heterocycles. The Hall–Kier alpha value is -2.43. The average molecular weight is 325 g/mol. The highest BCUT2D eigenvalue weighted by atomic mass is 16.2. The quantitative estimate of drug-likeness (QED) is 0.851. The second kappa shape index (κ2) is 7.43. The first-order valence-electron chi connectivity index (χ1n) is 8.63. The van der Waals surface area contributed by atoms with Crippen LogP contribution in [-0.2, 0) is 6.54 Å². The number of rotatable bonds is 7. The van der Waals surface area contributed by atoms with E-state index in [1.54, 1.807) is 0 Å². The van der Waals surface area contributed by atoms with Crippen molar-refractivity contribution in [3.8, 4) is 0 Å². The standard InChI is InChI=1S/C19H23N3O2/c1-2-3-13-22-17(23)12-11-16(21-22)19(24)20-18(15-9-10-15)14-7-5-4-6-8-14/h4-8,11-12,15,18H,2-3,9-10,13H2,1H3,(H,20,24). The zero-order valence-corrected chi connectivity index (χ0v) is 13.9. The minimum absolute atomic E-state index is 0.0107. The highest BCUT2D eigenvalue weighted by Crippen LogP contribution is 2.41. The van der Waals surface area contributed by atoms with Gasteiger partial charge < -0.3 is 5.32 Å². The van der Waals surface area contributed by atoms with Crippen LogP contribution in [0.4, 0.5) is 0 Å². The molecule has 0 bridgehead atoms. The fraction of sp³-hybridized carbons (Fsp3) is 0.421. The summed E-state index contributed by atoms with van der Waals surface area (Å²) in [5.41, 5.74) is 1.25. The number of carbonyl (C=O) groups is 1. The Labute approximate surface area is 141 Å². The van der Waals surface area contributed by atoms with Gasteiger partial charge in [-0.1, -0.05) is 43.7 Å². The topological polar surface area (TPSA) is 64.0 Å². The van der Waals surface area contributed by atoms with Crippen molar-refractivity contribution in [2.75, 3.05) is 0 Å². The smallest absolute Gasteiger partial charge is 0.272 e. The predicted molar refractivity (Wildman–Crippen MR) is 92.8 cm³/mol. The van der Waals surface area contributed by atoms with Crippen LogP contribution in [0.5, 0.6) is 0 Å². The fourth-order valence-electron chi connectivity index (χ4n) is 2.82. The van der Waals surface area contributed by atoms with Crippen LogP contribution < -0.4 is 10.9 Å². The zero-order valence-electron chi connectivity index (χ0n) is 13.9. The fourth-order valence-corrected chi connectivity index (χ4v) is 2.82. The lowest BCUT2D eigenvalue weighted by molar-refractivity contribution is 0.0924. The van der Waals surface area contributed by atoms with E-state index in [0.717, 1.165) is 31.2 Å². The van der Waals surface area contributed by atoms with E-state index in [-0.39, 0.29) is 17.5 Å². The average Bonchev–Trinajstić information content (AvgIpc) is 3.44. The number of benzene rings is 1. The molecule has 126 valence electrons. The normalized spacial score (nSPS) is 15.0. The molecule has 1 aliphatic rings. The maximum absolute atomic E-state index is 12.6. The Kier molecular flexibility index (Phi) is 5.08. The largest absolute Gasteiger partial charge is 0.344 e. The summed E-state index contributed by atoms with van der Waals surface area (Å²) in [6, 6.07) is 13.0. The van der Waals surface area contributed by atoms with E-state index >= 15 is 0 Å². The summed E-state index contributed by atoms with van der Waals surface area (Å²) in [5, 5.41) is 7.33. The second-order valence-corrected chi connectivity index (χ2v) is 6.33. The van der Waals surface area contributed by atoms with Crippen molar-refractivity contribution in [1.82, 2.24) is 15.1 Å². The van der Waals surface area contributed by atoms with E-state index in [1.807, 2.05) is 30.3 Å². The molecule has 1 fully saturated rings. The Balaban J connectivity index is 1.77. The third kappa shape index (κ3) is 3.91. The van der Waals surface area contributed by atoms with Gasteiger partial charge in [0.2, 0.25) is 0 Å². The van der Waals surface area contributed by atoms with Crippen molar-refractivity contribution in [1.29, 1.82) is 0 Å². The van der Waals surface area contributed by atoms with Crippen LogP contribution in [0.3, 0.4) is 0 Å². The summed E-state index contributed by atoms with van der Waals surface area (Å²) >= 11 is 0. The molecule has 1 atom stereocenters. The van der Waals surface area contributed by atoms with E-state index < -0.39 is 0 Å². The maximum atomic E-state index is 12.6. The van der Waals surface area contributed by atoms with E-state index in [2.05, 4.69) is 17.3 Å². The van der Waals surface area contributed by atoms with Crippen molar-refractivity contribution < 1.29 is 4.79 Å². The molecule has 1 amide bonds. The Morgan fingerprint density at radius 3 is 2.67 bits per heavy atom. The summed E-state index contributed by atoms with van der Waals surface area (Å²) < 4.78 is 1.38. The van der Waals surface area contributed by atoms with Gasteiger partial charge in [0.05, 0.1) is 6.04 Å². The third-order valence-electron chi connectivity index (χ3n) is 4.36. The first-order chi connectivity index (χ1) is 11.7. The molecule has 0 saturated heterocycles. The molecule has 1 aromatic carbocycles. The van der Waals surface area contributed by atoms with Crippen LogP contribution >= 0.6 is 0 Å². The molecule has 0 radical (unpaired) electrons. The van der Waals surface area contributed by atoms with Crippen LogP contribution in [0, 0.1) is 5.92 Å². The number of hydrogen-bond donors (Lipinski definition) is 1. The Morgan fingerprint density at radius 1 is 1.25 bits per heavy atom. The van der Waals surface area contributed by atoms with E-state index in [0.29, 0.717) is 18.2 Å². The van der Waals surface area contributed by atoms with Gasteiger partial charge in [0.1, 0.15) is 5.69 Å². The van der Waals surface area contributed by atoms with Gasteiger partial charge in [-0.2, -0.15) is 5.10 Å². The summed E-state index contributed by atoms with van der Waals surface area (Å²) in [6.07, 6.45) is 4.10. The van der Waals surface area contributed by atoms with Crippen molar-refractivity contribution in [3.05, 3.63) is 64.1 Å². The number of unbranched alkanes of at least 4 members (excludes halogenated alkanes) is 1. The summed E-state index contributed by atoms with van der Waals surface area (Å²) in [7, 11) is 0. The van der Waals surface area contributed by atoms with Crippen LogP contribution in [0.2, 0.25) is 0 Å². The predicted octanol–water partition coefficient (Wildman–Crippen LogP) is 2.92. The monoisotopic (exact) mass is 325 g/mol. The minimum atomic E-state index is -0.221. The van der Waals surface area contributed by atoms with Gasteiger partial charge in [0.25, 0.3) is 11.5 Å². The third-order valence-corrected chi connectivity index (χ3v) is 4.36. The lowest BCUT2D eigenvalue weighted by Gasteiger charge is -2.18. The number of hydrogen-bond acceptors (Lipinski definition) is 3. The summed E-state index contributed by atoms with van der Waals surface area (Å²) in [4.78, 5) is 24.4. The van der Waals surface area contributed by atoms with Crippen LogP contribution in [0.15, 0.2) is 47.3 Å². The molecule has 1 unspecified atom stereocenters. The molecule has 1 saturated carbocycles. The molecule has 5 nitrogen and oxygen atoms in total. The number of aryl methyl sites for hydroxylation is 1. The molecule has 2 aromatic rings. The van der Waals surface area contributed by atoms with Crippen molar-refractivity contribution >= 4 is 5.91 Å². The van der Waals surface area contributed by atoms with E-state index in [4.69, 9.17) is 0 Å². The van der Waals surface area contributed by atoms with Gasteiger partial charge in [-0.15, -0.1) is 0 Å². The highest BCUT2D eigenvalue weighted by molar-refractivity contribution is 5.92. The van der Waals surface area contributed by atoms with Crippen LogP contribution in [-0.4, -0.2) is 15.7 Å². The zero-order chi connectivity index (χ0) is 16.9. The second-order valence-electron chi connectivity index (χ2n) is 6.33. The summed E-state index contributed by atoms with van der Waals surface area (Å²) in [6.45, 7) is 2.60. The molecule has 3 rings (SSSR count). The molecule has 24 heavy (non-hydrogen) atoms. The van der Waals surface area contributed by atoms with Crippen LogP contribution in [0.25, 0.3) is 0 Å². The van der Waals surface area contributed by atoms with Gasteiger partial charge in [0.15, 0.2) is 0 Å². The number of carbonyl (C=O) groups excluding carboxylic acids is 1. The Morgan fingerprint density at radius 2 is 2.00 bits per heavy atom. The highest BCUT2D eigenvalue weighted by Gasteiger charge is 2.33. The first-order valence-corrected chi connectivity index (χ1v) is 8.63. The first kappa shape index (κ1) is 16.4. The summed E-state index contributed by atoms with van der Waals surface area (Å²) in [5.74, 6) is 0.267. The van der Waals surface area contributed by atoms with E-state index in [1.165, 1.54) is 16.8 Å². The van der Waals surface area contributed by atoms with Crippen molar-refractivity contribution in [2.45, 2.75) is 45.2 Å².